The number of hydrogen-bond donors (Lipinski definition) is 1. The summed E-state index contributed by atoms with van der Waals surface area (Å²) in [6.45, 7) is 0. The molecule has 114 valence electrons. The number of carbonyl (C=O) groups excluding carboxylic acids is 2. The van der Waals surface area contributed by atoms with Crippen molar-refractivity contribution >= 4 is 29.1 Å². The minimum atomic E-state index is -1.59. The molecule has 0 aliphatic rings. The summed E-state index contributed by atoms with van der Waals surface area (Å²) in [7, 11) is 1.79. The van der Waals surface area contributed by atoms with Crippen molar-refractivity contribution in [2.75, 3.05) is 0 Å². The van der Waals surface area contributed by atoms with Crippen molar-refractivity contribution in [1.29, 1.82) is 0 Å². The van der Waals surface area contributed by atoms with Gasteiger partial charge in [0.15, 0.2) is 5.78 Å². The van der Waals surface area contributed by atoms with Gasteiger partial charge < -0.3 is 9.67 Å². The average Bonchev–Trinajstić information content (AvgIpc) is 2.80. The van der Waals surface area contributed by atoms with Gasteiger partial charge >= 0.3 is 5.97 Å². The lowest BCUT2D eigenvalue weighted by atomic mass is 10.1. The predicted octanol–water partition coefficient (Wildman–Crippen LogP) is 2.50. The summed E-state index contributed by atoms with van der Waals surface area (Å²) in [5.41, 5.74) is 2.19. The number of carbonyl (C=O) groups is 3. The standard InChI is InChI=1S/C16H14ClNO4/c1-18-9-11(14(19)8-15(20)16(21)22)7-13(18)6-10-3-2-4-12(17)5-10/h2-5,7,9H,6,8H2,1H3,(H,21,22). The number of carboxylic acids is 1. The molecule has 1 aromatic heterocycles. The molecule has 0 fully saturated rings. The summed E-state index contributed by atoms with van der Waals surface area (Å²) in [6, 6.07) is 9.05. The monoisotopic (exact) mass is 319 g/mol. The Morgan fingerprint density at radius 1 is 1.23 bits per heavy atom. The van der Waals surface area contributed by atoms with Crippen LogP contribution < -0.4 is 0 Å². The fourth-order valence-corrected chi connectivity index (χ4v) is 2.33. The molecule has 1 heterocycles. The number of benzene rings is 1. The van der Waals surface area contributed by atoms with Crippen molar-refractivity contribution in [1.82, 2.24) is 4.57 Å². The van der Waals surface area contributed by atoms with Gasteiger partial charge in [-0.1, -0.05) is 23.7 Å². The molecule has 0 aliphatic carbocycles. The van der Waals surface area contributed by atoms with E-state index in [4.69, 9.17) is 16.7 Å². The Bertz CT molecular complexity index is 748. The molecule has 2 rings (SSSR count). The number of aliphatic carboxylic acids is 1. The first-order chi connectivity index (χ1) is 10.4. The first kappa shape index (κ1) is 16.0. The average molecular weight is 320 g/mol. The fraction of sp³-hybridized carbons (Fsp3) is 0.188. The van der Waals surface area contributed by atoms with Crippen LogP contribution in [-0.4, -0.2) is 27.2 Å². The highest BCUT2D eigenvalue weighted by atomic mass is 35.5. The van der Waals surface area contributed by atoms with E-state index in [0.717, 1.165) is 11.3 Å². The van der Waals surface area contributed by atoms with Crippen LogP contribution in [0.5, 0.6) is 0 Å². The van der Waals surface area contributed by atoms with Gasteiger partial charge in [0.2, 0.25) is 5.78 Å². The Balaban J connectivity index is 2.16. The second-order valence-electron chi connectivity index (χ2n) is 4.97. The van der Waals surface area contributed by atoms with Crippen LogP contribution in [-0.2, 0) is 23.1 Å². The van der Waals surface area contributed by atoms with E-state index >= 15 is 0 Å². The van der Waals surface area contributed by atoms with Crippen LogP contribution in [0.15, 0.2) is 36.5 Å². The Labute approximate surface area is 132 Å². The third-order valence-corrected chi connectivity index (χ3v) is 3.50. The van der Waals surface area contributed by atoms with Crippen LogP contribution in [0.2, 0.25) is 5.02 Å². The molecule has 0 aliphatic heterocycles. The Morgan fingerprint density at radius 2 is 1.95 bits per heavy atom. The van der Waals surface area contributed by atoms with Gasteiger partial charge in [0.25, 0.3) is 0 Å². The summed E-state index contributed by atoms with van der Waals surface area (Å²) >= 11 is 5.94. The van der Waals surface area contributed by atoms with Gasteiger partial charge in [-0.2, -0.15) is 0 Å². The molecule has 0 saturated carbocycles. The smallest absolute Gasteiger partial charge is 0.372 e. The molecule has 0 bridgehead atoms. The van der Waals surface area contributed by atoms with E-state index in [0.29, 0.717) is 17.0 Å². The number of nitrogens with zero attached hydrogens (tertiary/aromatic N) is 1. The number of Topliss-reactive ketones (excluding diaryl/α,β-unsaturated/α-hetero) is 2. The van der Waals surface area contributed by atoms with E-state index in [2.05, 4.69) is 0 Å². The number of carboxylic acid groups (broad SMARTS) is 1. The number of hydrogen-bond acceptors (Lipinski definition) is 3. The number of rotatable bonds is 6. The van der Waals surface area contributed by atoms with Crippen molar-refractivity contribution in [2.45, 2.75) is 12.8 Å². The van der Waals surface area contributed by atoms with Crippen LogP contribution >= 0.6 is 11.6 Å². The van der Waals surface area contributed by atoms with Gasteiger partial charge in [-0.05, 0) is 23.8 Å². The van der Waals surface area contributed by atoms with E-state index < -0.39 is 24.0 Å². The van der Waals surface area contributed by atoms with Crippen molar-refractivity contribution in [3.63, 3.8) is 0 Å². The molecule has 22 heavy (non-hydrogen) atoms. The van der Waals surface area contributed by atoms with Crippen molar-refractivity contribution in [3.8, 4) is 0 Å². The number of ketones is 2. The maximum Gasteiger partial charge on any atom is 0.372 e. The Kier molecular flexibility index (Phi) is 4.78. The van der Waals surface area contributed by atoms with Crippen LogP contribution in [0.1, 0.15) is 28.0 Å². The highest BCUT2D eigenvalue weighted by molar-refractivity contribution is 6.37. The molecule has 1 aromatic carbocycles. The van der Waals surface area contributed by atoms with E-state index in [1.807, 2.05) is 18.2 Å². The molecule has 0 amide bonds. The quantitative estimate of drug-likeness (QED) is 0.504. The SMILES string of the molecule is Cn1cc(C(=O)CC(=O)C(=O)O)cc1Cc1cccc(Cl)c1. The Morgan fingerprint density at radius 3 is 2.59 bits per heavy atom. The van der Waals surface area contributed by atoms with Crippen LogP contribution in [0.4, 0.5) is 0 Å². The van der Waals surface area contributed by atoms with Gasteiger partial charge in [0.1, 0.15) is 0 Å². The Hall–Kier alpha value is -2.40. The number of halogens is 1. The molecule has 2 aromatic rings. The van der Waals surface area contributed by atoms with E-state index in [1.54, 1.807) is 29.9 Å². The zero-order chi connectivity index (χ0) is 16.3. The number of aryl methyl sites for hydroxylation is 1. The summed E-state index contributed by atoms with van der Waals surface area (Å²) < 4.78 is 1.78. The maximum absolute atomic E-state index is 11.9. The fourth-order valence-electron chi connectivity index (χ4n) is 2.12. The highest BCUT2D eigenvalue weighted by Gasteiger charge is 2.19. The summed E-state index contributed by atoms with van der Waals surface area (Å²) in [5.74, 6) is -3.20. The van der Waals surface area contributed by atoms with E-state index in [9.17, 15) is 14.4 Å². The molecular formula is C16H14ClNO4. The minimum Gasteiger partial charge on any atom is -0.475 e. The summed E-state index contributed by atoms with van der Waals surface area (Å²) in [5, 5.41) is 9.17. The lowest BCUT2D eigenvalue weighted by Crippen LogP contribution is -2.16. The first-order valence-corrected chi connectivity index (χ1v) is 6.93. The zero-order valence-electron chi connectivity index (χ0n) is 11.9. The lowest BCUT2D eigenvalue weighted by molar-refractivity contribution is -0.148. The third-order valence-electron chi connectivity index (χ3n) is 3.26. The maximum atomic E-state index is 11.9. The largest absolute Gasteiger partial charge is 0.475 e. The molecule has 6 heteroatoms. The molecule has 5 nitrogen and oxygen atoms in total. The van der Waals surface area contributed by atoms with Crippen LogP contribution in [0, 0.1) is 0 Å². The van der Waals surface area contributed by atoms with Gasteiger partial charge in [-0.3, -0.25) is 9.59 Å². The second kappa shape index (κ2) is 6.58. The summed E-state index contributed by atoms with van der Waals surface area (Å²) in [4.78, 5) is 33.5. The molecule has 0 atom stereocenters. The topological polar surface area (TPSA) is 76.4 Å². The molecule has 0 unspecified atom stereocenters. The molecular weight excluding hydrogens is 306 g/mol. The van der Waals surface area contributed by atoms with Gasteiger partial charge in [0, 0.05) is 35.9 Å². The van der Waals surface area contributed by atoms with Gasteiger partial charge in [-0.15, -0.1) is 0 Å². The molecule has 0 radical (unpaired) electrons. The normalized spacial score (nSPS) is 10.5. The van der Waals surface area contributed by atoms with Crippen molar-refractivity contribution in [3.05, 3.63) is 58.4 Å². The van der Waals surface area contributed by atoms with E-state index in [1.165, 1.54) is 0 Å². The second-order valence-corrected chi connectivity index (χ2v) is 5.40. The minimum absolute atomic E-state index is 0.328. The third kappa shape index (κ3) is 3.83. The van der Waals surface area contributed by atoms with Crippen LogP contribution in [0.25, 0.3) is 0 Å². The molecule has 1 N–H and O–H groups in total. The van der Waals surface area contributed by atoms with Crippen molar-refractivity contribution in [2.24, 2.45) is 7.05 Å². The molecule has 0 spiro atoms. The highest BCUT2D eigenvalue weighted by Crippen LogP contribution is 2.17. The van der Waals surface area contributed by atoms with Gasteiger partial charge in [-0.25, -0.2) is 4.79 Å². The summed E-state index contributed by atoms with van der Waals surface area (Å²) in [6.07, 6.45) is 1.55. The molecule has 0 saturated heterocycles. The first-order valence-electron chi connectivity index (χ1n) is 6.56. The van der Waals surface area contributed by atoms with Crippen LogP contribution in [0.3, 0.4) is 0 Å². The lowest BCUT2D eigenvalue weighted by Gasteiger charge is -2.03. The van der Waals surface area contributed by atoms with E-state index in [-0.39, 0.29) is 0 Å². The van der Waals surface area contributed by atoms with Crippen molar-refractivity contribution < 1.29 is 19.5 Å². The zero-order valence-corrected chi connectivity index (χ0v) is 12.6. The number of aromatic nitrogens is 1. The van der Waals surface area contributed by atoms with Gasteiger partial charge in [0.05, 0.1) is 6.42 Å². The predicted molar refractivity (Wildman–Crippen MR) is 81.3 cm³/mol.